The molecule has 4 aromatic rings. The Labute approximate surface area is 214 Å². The van der Waals surface area contributed by atoms with Crippen LogP contribution < -0.4 is 14.9 Å². The van der Waals surface area contributed by atoms with Gasteiger partial charge in [0, 0.05) is 55.9 Å². The molecule has 12 heteroatoms. The van der Waals surface area contributed by atoms with Crippen molar-refractivity contribution in [3.8, 4) is 0 Å². The molecule has 0 saturated carbocycles. The Hall–Kier alpha value is -3.15. The highest BCUT2D eigenvalue weighted by atomic mass is 35.5. The lowest BCUT2D eigenvalue weighted by molar-refractivity contribution is -0.122. The number of fused-ring (bicyclic) bond motifs is 1. The number of hydrogen-bond donors (Lipinski definition) is 2. The van der Waals surface area contributed by atoms with Crippen molar-refractivity contribution in [3.63, 3.8) is 0 Å². The van der Waals surface area contributed by atoms with Gasteiger partial charge in [-0.3, -0.25) is 9.52 Å². The van der Waals surface area contributed by atoms with E-state index in [0.717, 1.165) is 54.1 Å². The Morgan fingerprint density at radius 3 is 2.63 bits per heavy atom. The van der Waals surface area contributed by atoms with E-state index in [4.69, 9.17) is 11.6 Å². The molecule has 1 saturated heterocycles. The molecule has 3 heterocycles. The summed E-state index contributed by atoms with van der Waals surface area (Å²) in [6, 6.07) is 14.5. The van der Waals surface area contributed by atoms with Crippen LogP contribution in [-0.4, -0.2) is 47.4 Å². The van der Waals surface area contributed by atoms with Crippen LogP contribution in [0.25, 0.3) is 10.9 Å². The first kappa shape index (κ1) is 23.6. The maximum absolute atomic E-state index is 12.7. The minimum atomic E-state index is -3.71. The first-order valence-electron chi connectivity index (χ1n) is 11.1. The van der Waals surface area contributed by atoms with Gasteiger partial charge in [-0.1, -0.05) is 17.7 Å². The average molecular weight is 535 g/mol. The van der Waals surface area contributed by atoms with Gasteiger partial charge in [-0.2, -0.15) is 4.37 Å². The summed E-state index contributed by atoms with van der Waals surface area (Å²) in [5, 5.41) is 5.06. The Morgan fingerprint density at radius 2 is 1.91 bits per heavy atom. The van der Waals surface area contributed by atoms with Crippen LogP contribution in [0.2, 0.25) is 5.02 Å². The third-order valence-electron chi connectivity index (χ3n) is 6.01. The number of carbonyl (C=O) groups is 1. The van der Waals surface area contributed by atoms with Gasteiger partial charge in [0.05, 0.1) is 4.90 Å². The largest absolute Gasteiger partial charge is 0.371 e. The fourth-order valence-electron chi connectivity index (χ4n) is 4.23. The van der Waals surface area contributed by atoms with Gasteiger partial charge in [0.15, 0.2) is 0 Å². The quantitative estimate of drug-likeness (QED) is 0.367. The van der Waals surface area contributed by atoms with Crippen LogP contribution in [0.1, 0.15) is 15.7 Å². The number of rotatable bonds is 7. The molecule has 1 amide bonds. The zero-order chi connectivity index (χ0) is 24.4. The minimum absolute atomic E-state index is 0. The minimum Gasteiger partial charge on any atom is -0.371 e. The Bertz CT molecular complexity index is 1440. The average Bonchev–Trinajstić information content (AvgIpc) is 3.49. The van der Waals surface area contributed by atoms with Crippen molar-refractivity contribution < 1.29 is 16.1 Å². The molecular weight excluding hydrogens is 508 g/mol. The second-order valence-corrected chi connectivity index (χ2v) is 11.2. The van der Waals surface area contributed by atoms with E-state index >= 15 is 0 Å². The van der Waals surface area contributed by atoms with Crippen LogP contribution >= 0.6 is 23.1 Å². The van der Waals surface area contributed by atoms with Crippen molar-refractivity contribution in [2.75, 3.05) is 22.7 Å². The summed E-state index contributed by atoms with van der Waals surface area (Å²) < 4.78 is 33.1. The molecule has 186 valence electrons. The molecule has 0 spiro atoms. The molecule has 1 aliphatic rings. The summed E-state index contributed by atoms with van der Waals surface area (Å²) in [6.45, 7) is 1.77. The second kappa shape index (κ2) is 9.84. The highest BCUT2D eigenvalue weighted by Gasteiger charge is 2.22. The SMILES string of the molecule is O=C(Cn1ccc2ccc(Cl)cc21)NC1CCN(c2ccc(S(=O)(=O)Nc3ncns3)cc2)CC1.[HH].[HH]. The number of anilines is 2. The zero-order valence-electron chi connectivity index (χ0n) is 18.6. The molecule has 9 nitrogen and oxygen atoms in total. The number of benzene rings is 2. The van der Waals surface area contributed by atoms with Gasteiger partial charge in [0.1, 0.15) is 12.9 Å². The van der Waals surface area contributed by atoms with E-state index in [1.807, 2.05) is 35.0 Å². The monoisotopic (exact) mass is 534 g/mol. The van der Waals surface area contributed by atoms with Crippen LogP contribution in [0, 0.1) is 0 Å². The van der Waals surface area contributed by atoms with Gasteiger partial charge in [-0.25, -0.2) is 13.4 Å². The molecule has 5 rings (SSSR count). The van der Waals surface area contributed by atoms with Crippen molar-refractivity contribution in [2.45, 2.75) is 30.3 Å². The smallest absolute Gasteiger partial charge is 0.263 e. The van der Waals surface area contributed by atoms with E-state index < -0.39 is 10.0 Å². The topological polar surface area (TPSA) is 109 Å². The Kier molecular flexibility index (Phi) is 6.63. The fourth-order valence-corrected chi connectivity index (χ4v) is 6.06. The van der Waals surface area contributed by atoms with Crippen molar-refractivity contribution in [1.82, 2.24) is 19.2 Å². The summed E-state index contributed by atoms with van der Waals surface area (Å²) in [5.74, 6) is -0.0292. The lowest BCUT2D eigenvalue weighted by atomic mass is 10.0. The van der Waals surface area contributed by atoms with Gasteiger partial charge < -0.3 is 14.8 Å². The molecule has 2 N–H and O–H groups in total. The predicted octanol–water partition coefficient (Wildman–Crippen LogP) is 4.22. The summed E-state index contributed by atoms with van der Waals surface area (Å²) in [7, 11) is -3.71. The Balaban J connectivity index is 0.00000190. The maximum Gasteiger partial charge on any atom is 0.263 e. The number of sulfonamides is 1. The summed E-state index contributed by atoms with van der Waals surface area (Å²) in [6.07, 6.45) is 4.82. The molecule has 35 heavy (non-hydrogen) atoms. The molecule has 2 aromatic carbocycles. The number of nitrogens with one attached hydrogen (secondary N) is 2. The lowest BCUT2D eigenvalue weighted by Gasteiger charge is -2.34. The molecule has 0 atom stereocenters. The van der Waals surface area contributed by atoms with Crippen LogP contribution in [-0.2, 0) is 21.4 Å². The van der Waals surface area contributed by atoms with Gasteiger partial charge in [-0.15, -0.1) is 0 Å². The summed E-state index contributed by atoms with van der Waals surface area (Å²) in [4.78, 5) is 18.9. The first-order valence-corrected chi connectivity index (χ1v) is 13.7. The fraction of sp³-hybridized carbons (Fsp3) is 0.261. The van der Waals surface area contributed by atoms with Gasteiger partial charge >= 0.3 is 0 Å². The number of hydrogen-bond acceptors (Lipinski definition) is 7. The molecule has 0 unspecified atom stereocenters. The lowest BCUT2D eigenvalue weighted by Crippen LogP contribution is -2.45. The van der Waals surface area contributed by atoms with Gasteiger partial charge in [-0.05, 0) is 60.7 Å². The van der Waals surface area contributed by atoms with E-state index in [0.29, 0.717) is 5.02 Å². The van der Waals surface area contributed by atoms with E-state index in [1.54, 1.807) is 24.3 Å². The molecule has 2 aromatic heterocycles. The zero-order valence-corrected chi connectivity index (χ0v) is 21.0. The first-order chi connectivity index (χ1) is 16.9. The van der Waals surface area contributed by atoms with Crippen molar-refractivity contribution in [3.05, 3.63) is 66.1 Å². The number of aromatic nitrogens is 3. The van der Waals surface area contributed by atoms with Crippen LogP contribution in [0.15, 0.2) is 66.0 Å². The normalized spacial score (nSPS) is 14.8. The standard InChI is InChI=1S/C23H23ClN6O3S2.2H2/c24-17-2-1-16-7-10-30(21(16)13-17)14-22(31)27-18-8-11-29(12-9-18)19-3-5-20(6-4-19)35(32,33)28-23-25-15-26-34-23;;/h1-7,10,13,15,18H,8-9,11-12,14H2,(H,27,31)(H,25,26,28);2*1H. The predicted molar refractivity (Wildman–Crippen MR) is 142 cm³/mol. The molecule has 1 aliphatic heterocycles. The van der Waals surface area contributed by atoms with E-state index in [1.165, 1.54) is 6.33 Å². The summed E-state index contributed by atoms with van der Waals surface area (Å²) in [5.41, 5.74) is 1.88. The van der Waals surface area contributed by atoms with E-state index in [2.05, 4.69) is 24.3 Å². The van der Waals surface area contributed by atoms with E-state index in [-0.39, 0.29) is 31.4 Å². The maximum atomic E-state index is 12.7. The Morgan fingerprint density at radius 1 is 1.14 bits per heavy atom. The summed E-state index contributed by atoms with van der Waals surface area (Å²) >= 11 is 7.09. The van der Waals surface area contributed by atoms with Crippen LogP contribution in [0.4, 0.5) is 10.8 Å². The molecule has 0 aliphatic carbocycles. The van der Waals surface area contributed by atoms with Crippen molar-refractivity contribution >= 4 is 60.8 Å². The van der Waals surface area contributed by atoms with Crippen LogP contribution in [0.5, 0.6) is 0 Å². The number of carbonyl (C=O) groups excluding carboxylic acids is 1. The van der Waals surface area contributed by atoms with Crippen LogP contribution in [0.3, 0.4) is 0 Å². The molecule has 1 fully saturated rings. The number of nitrogens with zero attached hydrogens (tertiary/aromatic N) is 4. The number of amides is 1. The van der Waals surface area contributed by atoms with E-state index in [9.17, 15) is 13.2 Å². The number of halogens is 1. The second-order valence-electron chi connectivity index (χ2n) is 8.32. The highest BCUT2D eigenvalue weighted by molar-refractivity contribution is 7.93. The molecule has 0 radical (unpaired) electrons. The number of piperidine rings is 1. The molecule has 0 bridgehead atoms. The van der Waals surface area contributed by atoms with Gasteiger partial charge in [0.2, 0.25) is 11.0 Å². The highest BCUT2D eigenvalue weighted by Crippen LogP contribution is 2.24. The van der Waals surface area contributed by atoms with Gasteiger partial charge in [0.25, 0.3) is 10.0 Å². The third kappa shape index (κ3) is 5.42. The molecular formula is C23H27ClN6O3S2. The third-order valence-corrected chi connectivity index (χ3v) is 8.30. The van der Waals surface area contributed by atoms with Crippen molar-refractivity contribution in [2.24, 2.45) is 0 Å². The van der Waals surface area contributed by atoms with Crippen molar-refractivity contribution in [1.29, 1.82) is 0 Å².